The number of hydrogen-bond acceptors (Lipinski definition) is 4. The first-order valence-corrected chi connectivity index (χ1v) is 8.99. The van der Waals surface area contributed by atoms with Crippen LogP contribution in [0.25, 0.3) is 0 Å². The Morgan fingerprint density at radius 2 is 2.04 bits per heavy atom. The molecule has 0 saturated carbocycles. The average molecular weight is 347 g/mol. The largest absolute Gasteiger partial charge is 0.367 e. The van der Waals surface area contributed by atoms with Crippen molar-refractivity contribution in [2.45, 2.75) is 64.9 Å². The summed E-state index contributed by atoms with van der Waals surface area (Å²) in [5.74, 6) is -0.0275. The molecule has 1 saturated heterocycles. The summed E-state index contributed by atoms with van der Waals surface area (Å²) in [6.45, 7) is 8.21. The minimum Gasteiger partial charge on any atom is -0.367 e. The second-order valence-electron chi connectivity index (χ2n) is 7.24. The summed E-state index contributed by atoms with van der Waals surface area (Å²) < 4.78 is 11.4. The summed E-state index contributed by atoms with van der Waals surface area (Å²) in [6, 6.07) is 9.76. The predicted octanol–water partition coefficient (Wildman–Crippen LogP) is 2.87. The lowest BCUT2D eigenvalue weighted by atomic mass is 9.90. The average Bonchev–Trinajstić information content (AvgIpc) is 2.86. The molecule has 1 aliphatic heterocycles. The van der Waals surface area contributed by atoms with Gasteiger partial charge in [0.1, 0.15) is 18.2 Å². The van der Waals surface area contributed by atoms with Gasteiger partial charge >= 0.3 is 0 Å². The van der Waals surface area contributed by atoms with Crippen LogP contribution in [0.2, 0.25) is 0 Å². The second kappa shape index (κ2) is 8.59. The van der Waals surface area contributed by atoms with Gasteiger partial charge in [-0.3, -0.25) is 9.59 Å². The predicted molar refractivity (Wildman–Crippen MR) is 96.1 cm³/mol. The van der Waals surface area contributed by atoms with Gasteiger partial charge in [0.25, 0.3) is 0 Å². The van der Waals surface area contributed by atoms with E-state index < -0.39 is 11.6 Å². The van der Waals surface area contributed by atoms with Gasteiger partial charge in [0.15, 0.2) is 5.78 Å². The molecule has 0 radical (unpaired) electrons. The van der Waals surface area contributed by atoms with Crippen molar-refractivity contribution in [2.24, 2.45) is 5.92 Å². The molecule has 0 aliphatic carbocycles. The topological polar surface area (TPSA) is 64.6 Å². The summed E-state index contributed by atoms with van der Waals surface area (Å²) in [4.78, 5) is 25.1. The fourth-order valence-electron chi connectivity index (χ4n) is 3.14. The molecule has 1 fully saturated rings. The Labute approximate surface area is 150 Å². The highest BCUT2D eigenvalue weighted by molar-refractivity contribution is 5.96. The van der Waals surface area contributed by atoms with Crippen molar-refractivity contribution < 1.29 is 19.1 Å². The summed E-state index contributed by atoms with van der Waals surface area (Å²) in [5.41, 5.74) is 0.0407. The number of carbonyl (C=O) groups is 2. The normalized spacial score (nSPS) is 24.5. The van der Waals surface area contributed by atoms with Gasteiger partial charge in [0.2, 0.25) is 5.91 Å². The Hall–Kier alpha value is -1.72. The van der Waals surface area contributed by atoms with E-state index in [9.17, 15) is 9.59 Å². The van der Waals surface area contributed by atoms with Gasteiger partial charge in [-0.05, 0) is 31.2 Å². The van der Waals surface area contributed by atoms with Crippen LogP contribution in [0.5, 0.6) is 0 Å². The number of Topliss-reactive ketones (excluding diaryl/α,β-unsaturated/α-hetero) is 1. The molecular weight excluding hydrogens is 318 g/mol. The van der Waals surface area contributed by atoms with Crippen LogP contribution in [0, 0.1) is 5.92 Å². The molecular formula is C20H29NO4. The highest BCUT2D eigenvalue weighted by Crippen LogP contribution is 2.25. The van der Waals surface area contributed by atoms with E-state index in [4.69, 9.17) is 9.47 Å². The Morgan fingerprint density at radius 3 is 2.64 bits per heavy atom. The minimum absolute atomic E-state index is 0.0506. The molecule has 0 aromatic heterocycles. The quantitative estimate of drug-likeness (QED) is 0.785. The lowest BCUT2D eigenvalue weighted by Gasteiger charge is -2.31. The molecule has 1 aliphatic rings. The van der Waals surface area contributed by atoms with Crippen molar-refractivity contribution in [1.29, 1.82) is 0 Å². The lowest BCUT2D eigenvalue weighted by Crippen LogP contribution is -2.58. The number of nitrogens with one attached hydrogen (secondary N) is 1. The van der Waals surface area contributed by atoms with Gasteiger partial charge in [0, 0.05) is 0 Å². The molecule has 1 heterocycles. The number of ether oxygens (including phenoxy) is 2. The van der Waals surface area contributed by atoms with Gasteiger partial charge in [-0.25, -0.2) is 0 Å². The van der Waals surface area contributed by atoms with Crippen molar-refractivity contribution >= 4 is 11.7 Å². The number of rotatable bonds is 8. The Bertz CT molecular complexity index is 587. The first-order valence-electron chi connectivity index (χ1n) is 8.99. The van der Waals surface area contributed by atoms with Gasteiger partial charge < -0.3 is 14.8 Å². The summed E-state index contributed by atoms with van der Waals surface area (Å²) in [6.07, 6.45) is 0.378. The molecule has 25 heavy (non-hydrogen) atoms. The summed E-state index contributed by atoms with van der Waals surface area (Å²) in [7, 11) is 0. The number of amides is 1. The van der Waals surface area contributed by atoms with Crippen LogP contribution >= 0.6 is 0 Å². The monoisotopic (exact) mass is 347 g/mol. The number of hydrogen-bond donors (Lipinski definition) is 1. The van der Waals surface area contributed by atoms with Crippen LogP contribution in [-0.4, -0.2) is 36.0 Å². The molecule has 1 aromatic carbocycles. The van der Waals surface area contributed by atoms with Crippen molar-refractivity contribution in [3.05, 3.63) is 35.9 Å². The van der Waals surface area contributed by atoms with Crippen LogP contribution in [-0.2, 0) is 25.7 Å². The molecule has 1 aromatic rings. The van der Waals surface area contributed by atoms with Crippen LogP contribution in [0.15, 0.2) is 30.3 Å². The fraction of sp³-hybridized carbons (Fsp3) is 0.600. The van der Waals surface area contributed by atoms with Gasteiger partial charge in [-0.1, -0.05) is 51.1 Å². The molecule has 138 valence electrons. The molecule has 1 unspecified atom stereocenters. The molecule has 3 atom stereocenters. The third kappa shape index (κ3) is 4.89. The third-order valence-electron chi connectivity index (χ3n) is 4.66. The van der Waals surface area contributed by atoms with Crippen LogP contribution < -0.4 is 5.32 Å². The van der Waals surface area contributed by atoms with E-state index in [1.165, 1.54) is 0 Å². The van der Waals surface area contributed by atoms with Crippen LogP contribution in [0.1, 0.15) is 46.1 Å². The number of carbonyl (C=O) groups excluding carboxylic acids is 2. The Balaban J connectivity index is 2.06. The second-order valence-corrected chi connectivity index (χ2v) is 7.24. The number of ketones is 1. The first-order chi connectivity index (χ1) is 11.9. The molecule has 0 bridgehead atoms. The zero-order valence-corrected chi connectivity index (χ0v) is 15.6. The third-order valence-corrected chi connectivity index (χ3v) is 4.66. The van der Waals surface area contributed by atoms with E-state index in [-0.39, 0.29) is 24.4 Å². The first kappa shape index (κ1) is 19.6. The van der Waals surface area contributed by atoms with E-state index >= 15 is 0 Å². The maximum absolute atomic E-state index is 12.8. The summed E-state index contributed by atoms with van der Waals surface area (Å²) >= 11 is 0. The molecule has 0 spiro atoms. The summed E-state index contributed by atoms with van der Waals surface area (Å²) in [5, 5.41) is 2.91. The zero-order chi connectivity index (χ0) is 18.4. The smallest absolute Gasteiger partial charge is 0.250 e. The van der Waals surface area contributed by atoms with Crippen molar-refractivity contribution in [1.82, 2.24) is 5.32 Å². The Kier molecular flexibility index (Phi) is 6.73. The molecule has 1 amide bonds. The van der Waals surface area contributed by atoms with Crippen molar-refractivity contribution in [2.75, 3.05) is 6.61 Å². The fourth-order valence-corrected chi connectivity index (χ4v) is 3.14. The van der Waals surface area contributed by atoms with Crippen molar-refractivity contribution in [3.8, 4) is 0 Å². The highest BCUT2D eigenvalue weighted by atomic mass is 16.5. The van der Waals surface area contributed by atoms with E-state index in [1.54, 1.807) is 6.92 Å². The van der Waals surface area contributed by atoms with Gasteiger partial charge in [-0.2, -0.15) is 0 Å². The van der Waals surface area contributed by atoms with E-state index in [2.05, 4.69) is 5.32 Å². The zero-order valence-electron chi connectivity index (χ0n) is 15.6. The standard InChI is InChI=1S/C20H29NO4/c1-5-18-20(4,17(22)13-25-18)21-19(23)16(11-14(2)3)24-12-15-9-7-6-8-10-15/h6-10,14,16,18H,5,11-13H2,1-4H3,(H,21,23)/t16-,18?,20+/m1/s1. The maximum atomic E-state index is 12.8. The molecule has 5 nitrogen and oxygen atoms in total. The molecule has 1 N–H and O–H groups in total. The number of benzene rings is 1. The maximum Gasteiger partial charge on any atom is 0.250 e. The molecule has 5 heteroatoms. The van der Waals surface area contributed by atoms with Crippen LogP contribution in [0.3, 0.4) is 0 Å². The van der Waals surface area contributed by atoms with E-state index in [0.717, 1.165) is 5.56 Å². The van der Waals surface area contributed by atoms with Crippen LogP contribution in [0.4, 0.5) is 0 Å². The highest BCUT2D eigenvalue weighted by Gasteiger charge is 2.48. The van der Waals surface area contributed by atoms with E-state index in [0.29, 0.717) is 25.4 Å². The van der Waals surface area contributed by atoms with Crippen molar-refractivity contribution in [3.63, 3.8) is 0 Å². The van der Waals surface area contributed by atoms with E-state index in [1.807, 2.05) is 51.1 Å². The Morgan fingerprint density at radius 1 is 1.36 bits per heavy atom. The van der Waals surface area contributed by atoms with Gasteiger partial charge in [0.05, 0.1) is 12.7 Å². The molecule has 2 rings (SSSR count). The lowest BCUT2D eigenvalue weighted by molar-refractivity contribution is -0.140. The van der Waals surface area contributed by atoms with Gasteiger partial charge in [-0.15, -0.1) is 0 Å². The SMILES string of the molecule is CCC1OCC(=O)[C@]1(C)NC(=O)[C@@H](CC(C)C)OCc1ccccc1. The minimum atomic E-state index is -0.975.